The van der Waals surface area contributed by atoms with Crippen molar-refractivity contribution in [3.8, 4) is 0 Å². The maximum Gasteiger partial charge on any atom is 0.213 e. The van der Waals surface area contributed by atoms with E-state index >= 15 is 0 Å². The van der Waals surface area contributed by atoms with E-state index in [1.807, 2.05) is 0 Å². The summed E-state index contributed by atoms with van der Waals surface area (Å²) in [5, 5.41) is 7.23. The van der Waals surface area contributed by atoms with E-state index in [2.05, 4.69) is 27.4 Å². The molecule has 0 aromatic carbocycles. The first-order valence-corrected chi connectivity index (χ1v) is 5.49. The molecule has 1 fully saturated rings. The molecule has 2 heterocycles. The summed E-state index contributed by atoms with van der Waals surface area (Å²) in [5.41, 5.74) is 0. The summed E-state index contributed by atoms with van der Waals surface area (Å²) in [7, 11) is 2.10. The topological polar surface area (TPSA) is 54.2 Å². The molecule has 1 aliphatic rings. The van der Waals surface area contributed by atoms with Gasteiger partial charge in [-0.25, -0.2) is 0 Å². The van der Waals surface area contributed by atoms with E-state index in [1.165, 1.54) is 25.8 Å². The standard InChI is InChI=1S/C10H18N4O/c1-14(7-10-12-8-15-13-10)6-9-3-2-4-11-5-9/h8-9,11H,2-7H2,1H3. The van der Waals surface area contributed by atoms with Crippen molar-refractivity contribution < 1.29 is 4.52 Å². The van der Waals surface area contributed by atoms with E-state index < -0.39 is 0 Å². The van der Waals surface area contributed by atoms with Crippen LogP contribution in [0.5, 0.6) is 0 Å². The first-order chi connectivity index (χ1) is 7.34. The van der Waals surface area contributed by atoms with Gasteiger partial charge in [0.2, 0.25) is 6.39 Å². The molecule has 0 radical (unpaired) electrons. The van der Waals surface area contributed by atoms with E-state index in [0.717, 1.165) is 31.4 Å². The Labute approximate surface area is 89.8 Å². The molecule has 84 valence electrons. The maximum atomic E-state index is 4.71. The highest BCUT2D eigenvalue weighted by molar-refractivity contribution is 4.79. The van der Waals surface area contributed by atoms with Crippen LogP contribution in [0, 0.1) is 5.92 Å². The lowest BCUT2D eigenvalue weighted by Crippen LogP contribution is -2.36. The van der Waals surface area contributed by atoms with Crippen molar-refractivity contribution in [2.45, 2.75) is 19.4 Å². The van der Waals surface area contributed by atoms with Gasteiger partial charge in [0.15, 0.2) is 5.82 Å². The number of nitrogens with zero attached hydrogens (tertiary/aromatic N) is 3. The van der Waals surface area contributed by atoms with E-state index in [4.69, 9.17) is 4.52 Å². The highest BCUT2D eigenvalue weighted by atomic mass is 16.5. The summed E-state index contributed by atoms with van der Waals surface area (Å²) < 4.78 is 4.71. The molecule has 0 saturated carbocycles. The molecule has 5 nitrogen and oxygen atoms in total. The molecule has 0 spiro atoms. The maximum absolute atomic E-state index is 4.71. The van der Waals surface area contributed by atoms with Crippen LogP contribution in [0.1, 0.15) is 18.7 Å². The third-order valence-electron chi connectivity index (χ3n) is 2.79. The van der Waals surface area contributed by atoms with E-state index in [9.17, 15) is 0 Å². The minimum atomic E-state index is 0.760. The summed E-state index contributed by atoms with van der Waals surface area (Å²) in [4.78, 5) is 6.27. The van der Waals surface area contributed by atoms with Crippen molar-refractivity contribution in [3.05, 3.63) is 12.2 Å². The van der Waals surface area contributed by atoms with Gasteiger partial charge in [0.05, 0.1) is 6.54 Å². The summed E-state index contributed by atoms with van der Waals surface area (Å²) in [6.45, 7) is 4.18. The van der Waals surface area contributed by atoms with E-state index in [0.29, 0.717) is 0 Å². The van der Waals surface area contributed by atoms with Gasteiger partial charge < -0.3 is 9.84 Å². The van der Waals surface area contributed by atoms with Crippen molar-refractivity contribution >= 4 is 0 Å². The zero-order valence-electron chi connectivity index (χ0n) is 9.15. The Hall–Kier alpha value is -0.940. The summed E-state index contributed by atoms with van der Waals surface area (Å²) in [5.74, 6) is 1.52. The van der Waals surface area contributed by atoms with Gasteiger partial charge in [-0.2, -0.15) is 4.98 Å². The molecule has 1 N–H and O–H groups in total. The smallest absolute Gasteiger partial charge is 0.213 e. The van der Waals surface area contributed by atoms with Crippen LogP contribution in [0.2, 0.25) is 0 Å². The van der Waals surface area contributed by atoms with Gasteiger partial charge in [-0.15, -0.1) is 0 Å². The molecule has 1 saturated heterocycles. The second-order valence-electron chi connectivity index (χ2n) is 4.26. The highest BCUT2D eigenvalue weighted by Crippen LogP contribution is 2.11. The second-order valence-corrected chi connectivity index (χ2v) is 4.26. The zero-order chi connectivity index (χ0) is 10.5. The van der Waals surface area contributed by atoms with Gasteiger partial charge in [-0.05, 0) is 38.9 Å². The Morgan fingerprint density at radius 2 is 2.60 bits per heavy atom. The molecular weight excluding hydrogens is 192 g/mol. The summed E-state index contributed by atoms with van der Waals surface area (Å²) in [6, 6.07) is 0. The van der Waals surface area contributed by atoms with Gasteiger partial charge in [0.1, 0.15) is 0 Å². The number of piperidine rings is 1. The van der Waals surface area contributed by atoms with Crippen LogP contribution < -0.4 is 5.32 Å². The number of hydrogen-bond donors (Lipinski definition) is 1. The number of aromatic nitrogens is 2. The fraction of sp³-hybridized carbons (Fsp3) is 0.800. The van der Waals surface area contributed by atoms with Gasteiger partial charge >= 0.3 is 0 Å². The van der Waals surface area contributed by atoms with Crippen molar-refractivity contribution in [1.29, 1.82) is 0 Å². The third kappa shape index (κ3) is 3.28. The molecule has 15 heavy (non-hydrogen) atoms. The quantitative estimate of drug-likeness (QED) is 0.784. The Balaban J connectivity index is 1.74. The average Bonchev–Trinajstić information content (AvgIpc) is 2.71. The molecule has 5 heteroatoms. The molecule has 1 aromatic rings. The first kappa shape index (κ1) is 10.6. The molecule has 0 bridgehead atoms. The lowest BCUT2D eigenvalue weighted by Gasteiger charge is -2.26. The predicted molar refractivity (Wildman–Crippen MR) is 56.2 cm³/mol. The van der Waals surface area contributed by atoms with Crippen LogP contribution in [0.3, 0.4) is 0 Å². The van der Waals surface area contributed by atoms with Crippen molar-refractivity contribution in [1.82, 2.24) is 20.4 Å². The van der Waals surface area contributed by atoms with E-state index in [-0.39, 0.29) is 0 Å². The second kappa shape index (κ2) is 5.23. The van der Waals surface area contributed by atoms with Gasteiger partial charge in [-0.3, -0.25) is 4.90 Å². The van der Waals surface area contributed by atoms with Crippen LogP contribution in [0.25, 0.3) is 0 Å². The highest BCUT2D eigenvalue weighted by Gasteiger charge is 2.15. The largest absolute Gasteiger partial charge is 0.343 e. The fourth-order valence-corrected chi connectivity index (χ4v) is 2.09. The SMILES string of the molecule is CN(Cc1ncon1)CC1CCCNC1. The molecule has 0 aliphatic carbocycles. The molecule has 1 aliphatic heterocycles. The number of hydrogen-bond acceptors (Lipinski definition) is 5. The number of nitrogens with one attached hydrogen (secondary N) is 1. The third-order valence-corrected chi connectivity index (χ3v) is 2.79. The minimum absolute atomic E-state index is 0.760. The molecular formula is C10H18N4O. The Morgan fingerprint density at radius 3 is 3.27 bits per heavy atom. The van der Waals surface area contributed by atoms with Crippen LogP contribution >= 0.6 is 0 Å². The Kier molecular flexibility index (Phi) is 3.69. The van der Waals surface area contributed by atoms with Crippen molar-refractivity contribution in [2.75, 3.05) is 26.7 Å². The molecule has 1 atom stereocenters. The van der Waals surface area contributed by atoms with Crippen LogP contribution in [0.15, 0.2) is 10.9 Å². The minimum Gasteiger partial charge on any atom is -0.343 e. The molecule has 1 unspecified atom stereocenters. The van der Waals surface area contributed by atoms with Gasteiger partial charge in [-0.1, -0.05) is 5.16 Å². The molecule has 0 amide bonds. The van der Waals surface area contributed by atoms with Crippen molar-refractivity contribution in [3.63, 3.8) is 0 Å². The Bertz CT molecular complexity index is 269. The van der Waals surface area contributed by atoms with Crippen LogP contribution in [-0.4, -0.2) is 41.7 Å². The predicted octanol–water partition coefficient (Wildman–Crippen LogP) is 0.501. The van der Waals surface area contributed by atoms with Gasteiger partial charge in [0, 0.05) is 6.54 Å². The average molecular weight is 210 g/mol. The zero-order valence-corrected chi connectivity index (χ0v) is 9.15. The monoisotopic (exact) mass is 210 g/mol. The summed E-state index contributed by atoms with van der Waals surface area (Å²) in [6.07, 6.45) is 4.00. The normalized spacial score (nSPS) is 22.1. The number of rotatable bonds is 4. The first-order valence-electron chi connectivity index (χ1n) is 5.49. The lowest BCUT2D eigenvalue weighted by atomic mass is 9.99. The van der Waals surface area contributed by atoms with Gasteiger partial charge in [0.25, 0.3) is 0 Å². The van der Waals surface area contributed by atoms with Crippen LogP contribution in [0.4, 0.5) is 0 Å². The van der Waals surface area contributed by atoms with Crippen molar-refractivity contribution in [2.24, 2.45) is 5.92 Å². The lowest BCUT2D eigenvalue weighted by molar-refractivity contribution is 0.231. The fourth-order valence-electron chi connectivity index (χ4n) is 2.09. The Morgan fingerprint density at radius 1 is 1.67 bits per heavy atom. The molecule has 1 aromatic heterocycles. The molecule has 2 rings (SSSR count). The van der Waals surface area contributed by atoms with E-state index in [1.54, 1.807) is 0 Å². The summed E-state index contributed by atoms with van der Waals surface area (Å²) >= 11 is 0. The van der Waals surface area contributed by atoms with Crippen LogP contribution in [-0.2, 0) is 6.54 Å².